The molecule has 0 aliphatic heterocycles. The number of carbonyl (C=O) groups is 6. The number of carboxylic acids is 2. The van der Waals surface area contributed by atoms with E-state index in [0.29, 0.717) is 0 Å². The van der Waals surface area contributed by atoms with Crippen molar-refractivity contribution in [3.05, 3.63) is 0 Å². The standard InChI is InChI=1S/C16H27N5O8/c1-6(2)12(16(28)29)21-15(27)9(5-10(18)22)20-13(25)7(3)19-14(26)8(17)4-11(23)24/h6-9,12H,4-5,17H2,1-3H3,(H2,18,22)(H,19,26)(H,20,25)(H,21,27)(H,23,24)(H,28,29). The molecule has 0 aliphatic carbocycles. The Balaban J connectivity index is 5.12. The van der Waals surface area contributed by atoms with Crippen molar-refractivity contribution in [3.8, 4) is 0 Å². The molecule has 4 amide bonds. The Morgan fingerprint density at radius 3 is 1.79 bits per heavy atom. The van der Waals surface area contributed by atoms with Crippen LogP contribution >= 0.6 is 0 Å². The summed E-state index contributed by atoms with van der Waals surface area (Å²) in [5.41, 5.74) is 10.5. The van der Waals surface area contributed by atoms with Crippen LogP contribution in [0.2, 0.25) is 0 Å². The fraction of sp³-hybridized carbons (Fsp3) is 0.625. The molecule has 13 nitrogen and oxygen atoms in total. The lowest BCUT2D eigenvalue weighted by molar-refractivity contribution is -0.143. The number of hydrogen-bond donors (Lipinski definition) is 7. The SMILES string of the molecule is CC(NC(=O)C(N)CC(=O)O)C(=O)NC(CC(N)=O)C(=O)NC(C(=O)O)C(C)C. The van der Waals surface area contributed by atoms with Crippen LogP contribution in [0, 0.1) is 5.92 Å². The first-order valence-electron chi connectivity index (χ1n) is 8.65. The van der Waals surface area contributed by atoms with E-state index in [4.69, 9.17) is 21.7 Å². The maximum atomic E-state index is 12.3. The molecule has 0 aliphatic rings. The third kappa shape index (κ3) is 9.51. The van der Waals surface area contributed by atoms with E-state index in [1.165, 1.54) is 6.92 Å². The molecule has 0 spiro atoms. The summed E-state index contributed by atoms with van der Waals surface area (Å²) < 4.78 is 0. The third-order valence-corrected chi connectivity index (χ3v) is 3.75. The lowest BCUT2D eigenvalue weighted by Gasteiger charge is -2.24. The minimum atomic E-state index is -1.48. The van der Waals surface area contributed by atoms with Crippen LogP contribution in [0.3, 0.4) is 0 Å². The van der Waals surface area contributed by atoms with E-state index < -0.39 is 78.5 Å². The fourth-order valence-corrected chi connectivity index (χ4v) is 2.14. The third-order valence-electron chi connectivity index (χ3n) is 3.75. The summed E-state index contributed by atoms with van der Waals surface area (Å²) in [6.07, 6.45) is -1.26. The number of nitrogens with two attached hydrogens (primary N) is 2. The molecule has 0 fully saturated rings. The number of carbonyl (C=O) groups excluding carboxylic acids is 4. The second kappa shape index (κ2) is 11.6. The summed E-state index contributed by atoms with van der Waals surface area (Å²) >= 11 is 0. The molecule has 0 radical (unpaired) electrons. The maximum Gasteiger partial charge on any atom is 0.326 e. The van der Waals surface area contributed by atoms with Crippen molar-refractivity contribution < 1.29 is 39.0 Å². The van der Waals surface area contributed by atoms with Gasteiger partial charge in [0.15, 0.2) is 0 Å². The van der Waals surface area contributed by atoms with Crippen molar-refractivity contribution >= 4 is 35.6 Å². The molecule has 0 aromatic carbocycles. The van der Waals surface area contributed by atoms with E-state index in [0.717, 1.165) is 0 Å². The van der Waals surface area contributed by atoms with Crippen LogP contribution in [0.4, 0.5) is 0 Å². The Morgan fingerprint density at radius 1 is 0.828 bits per heavy atom. The van der Waals surface area contributed by atoms with E-state index in [2.05, 4.69) is 16.0 Å². The van der Waals surface area contributed by atoms with Crippen LogP contribution in [0.5, 0.6) is 0 Å². The molecule has 13 heteroatoms. The van der Waals surface area contributed by atoms with Gasteiger partial charge >= 0.3 is 11.9 Å². The van der Waals surface area contributed by atoms with Crippen LogP contribution < -0.4 is 27.4 Å². The lowest BCUT2D eigenvalue weighted by atomic mass is 10.0. The van der Waals surface area contributed by atoms with Gasteiger partial charge in [-0.3, -0.25) is 24.0 Å². The van der Waals surface area contributed by atoms with Crippen molar-refractivity contribution in [2.45, 2.75) is 57.8 Å². The number of rotatable bonds is 12. The molecule has 0 heterocycles. The average molecular weight is 417 g/mol. The van der Waals surface area contributed by atoms with Crippen molar-refractivity contribution in [2.75, 3.05) is 0 Å². The van der Waals surface area contributed by atoms with Crippen LogP contribution in [-0.4, -0.2) is 69.9 Å². The monoisotopic (exact) mass is 417 g/mol. The Hall–Kier alpha value is -3.22. The zero-order valence-corrected chi connectivity index (χ0v) is 16.3. The van der Waals surface area contributed by atoms with Gasteiger partial charge in [0.05, 0.1) is 18.9 Å². The number of aliphatic carboxylic acids is 2. The van der Waals surface area contributed by atoms with Gasteiger partial charge in [0, 0.05) is 0 Å². The fourth-order valence-electron chi connectivity index (χ4n) is 2.14. The van der Waals surface area contributed by atoms with Gasteiger partial charge in [-0.2, -0.15) is 0 Å². The van der Waals surface area contributed by atoms with Crippen molar-refractivity contribution in [2.24, 2.45) is 17.4 Å². The summed E-state index contributed by atoms with van der Waals surface area (Å²) in [6, 6.07) is -5.37. The molecule has 9 N–H and O–H groups in total. The summed E-state index contributed by atoms with van der Waals surface area (Å²) in [5, 5.41) is 24.4. The zero-order valence-electron chi connectivity index (χ0n) is 16.3. The number of primary amides is 1. The largest absolute Gasteiger partial charge is 0.481 e. The van der Waals surface area contributed by atoms with Gasteiger partial charge < -0.3 is 37.6 Å². The molecule has 0 rings (SSSR count). The quantitative estimate of drug-likeness (QED) is 0.170. The van der Waals surface area contributed by atoms with E-state index in [1.54, 1.807) is 13.8 Å². The second-order valence-corrected chi connectivity index (χ2v) is 6.73. The van der Waals surface area contributed by atoms with Gasteiger partial charge in [-0.25, -0.2) is 4.79 Å². The first kappa shape index (κ1) is 25.8. The number of hydrogen-bond acceptors (Lipinski definition) is 7. The van der Waals surface area contributed by atoms with Gasteiger partial charge in [0.2, 0.25) is 23.6 Å². The van der Waals surface area contributed by atoms with Crippen LogP contribution in [-0.2, 0) is 28.8 Å². The Morgan fingerprint density at radius 2 is 1.38 bits per heavy atom. The first-order valence-corrected chi connectivity index (χ1v) is 8.65. The molecule has 0 bridgehead atoms. The highest BCUT2D eigenvalue weighted by Crippen LogP contribution is 2.04. The minimum absolute atomic E-state index is 0.477. The van der Waals surface area contributed by atoms with Crippen LogP contribution in [0.1, 0.15) is 33.6 Å². The summed E-state index contributed by atoms with van der Waals surface area (Å²) in [5.74, 6) is -6.75. The molecule has 29 heavy (non-hydrogen) atoms. The Labute approximate surface area is 166 Å². The van der Waals surface area contributed by atoms with Gasteiger partial charge in [-0.1, -0.05) is 13.8 Å². The molecular formula is C16H27N5O8. The first-order chi connectivity index (χ1) is 13.3. The average Bonchev–Trinajstić information content (AvgIpc) is 2.56. The van der Waals surface area contributed by atoms with Crippen LogP contribution in [0.25, 0.3) is 0 Å². The lowest BCUT2D eigenvalue weighted by Crippen LogP contribution is -2.57. The molecule has 0 saturated carbocycles. The summed E-state index contributed by atoms with van der Waals surface area (Å²) in [7, 11) is 0. The molecule has 0 aromatic rings. The van der Waals surface area contributed by atoms with Gasteiger partial charge in [0.1, 0.15) is 18.1 Å². The predicted octanol–water partition coefficient (Wildman–Crippen LogP) is -3.12. The normalized spacial score (nSPS) is 14.8. The molecule has 4 atom stereocenters. The Kier molecular flexibility index (Phi) is 10.3. The summed E-state index contributed by atoms with van der Waals surface area (Å²) in [6.45, 7) is 4.35. The van der Waals surface area contributed by atoms with Gasteiger partial charge in [0.25, 0.3) is 0 Å². The predicted molar refractivity (Wildman–Crippen MR) is 98.0 cm³/mol. The second-order valence-electron chi connectivity index (χ2n) is 6.73. The molecule has 164 valence electrons. The van der Waals surface area contributed by atoms with E-state index in [1.807, 2.05) is 0 Å². The number of carboxylic acid groups (broad SMARTS) is 2. The smallest absolute Gasteiger partial charge is 0.326 e. The van der Waals surface area contributed by atoms with E-state index in [-0.39, 0.29) is 0 Å². The Bertz CT molecular complexity index is 666. The highest BCUT2D eigenvalue weighted by molar-refractivity contribution is 5.96. The zero-order chi connectivity index (χ0) is 22.9. The molecule has 0 saturated heterocycles. The number of nitrogens with one attached hydrogen (secondary N) is 3. The van der Waals surface area contributed by atoms with Crippen molar-refractivity contribution in [1.82, 2.24) is 16.0 Å². The minimum Gasteiger partial charge on any atom is -0.481 e. The van der Waals surface area contributed by atoms with Crippen LogP contribution in [0.15, 0.2) is 0 Å². The van der Waals surface area contributed by atoms with Gasteiger partial charge in [-0.15, -0.1) is 0 Å². The number of amides is 4. The summed E-state index contributed by atoms with van der Waals surface area (Å²) in [4.78, 5) is 69.4. The molecule has 4 unspecified atom stereocenters. The van der Waals surface area contributed by atoms with E-state index in [9.17, 15) is 28.8 Å². The van der Waals surface area contributed by atoms with Crippen molar-refractivity contribution in [1.29, 1.82) is 0 Å². The molecule has 0 aromatic heterocycles. The highest BCUT2D eigenvalue weighted by atomic mass is 16.4. The maximum absolute atomic E-state index is 12.3. The topological polar surface area (TPSA) is 231 Å². The van der Waals surface area contributed by atoms with Crippen molar-refractivity contribution in [3.63, 3.8) is 0 Å². The molecular weight excluding hydrogens is 390 g/mol. The highest BCUT2D eigenvalue weighted by Gasteiger charge is 2.31. The van der Waals surface area contributed by atoms with E-state index >= 15 is 0 Å². The van der Waals surface area contributed by atoms with Gasteiger partial charge in [-0.05, 0) is 12.8 Å².